The van der Waals surface area contributed by atoms with Crippen molar-refractivity contribution < 1.29 is 18.3 Å². The summed E-state index contributed by atoms with van der Waals surface area (Å²) in [5, 5.41) is 0. The first kappa shape index (κ1) is 34.7. The molecule has 0 unspecified atom stereocenters. The van der Waals surface area contributed by atoms with Gasteiger partial charge in [-0.25, -0.2) is 18.7 Å². The van der Waals surface area contributed by atoms with Crippen molar-refractivity contribution in [2.45, 2.75) is 13.8 Å². The van der Waals surface area contributed by atoms with Gasteiger partial charge in [-0.2, -0.15) is 0 Å². The Morgan fingerprint density at radius 1 is 0.411 bits per heavy atom. The van der Waals surface area contributed by atoms with Gasteiger partial charge in [0.25, 0.3) is 0 Å². The van der Waals surface area contributed by atoms with Gasteiger partial charge in [0, 0.05) is 44.3 Å². The lowest BCUT2D eigenvalue weighted by atomic mass is 10.0. The first-order chi connectivity index (χ1) is 27.3. The molecule has 0 saturated heterocycles. The van der Waals surface area contributed by atoms with Crippen LogP contribution in [0.2, 0.25) is 0 Å². The number of aromatic amines is 2. The molecule has 9 rings (SSSR count). The third-order valence-electron chi connectivity index (χ3n) is 10.4. The smallest absolute Gasteiger partial charge is 0.126 e. The van der Waals surface area contributed by atoms with Crippen LogP contribution in [-0.2, 0) is 0 Å². The topological polar surface area (TPSA) is 75.8 Å². The number of methoxy groups -OCH3 is 2. The van der Waals surface area contributed by atoms with Crippen molar-refractivity contribution in [3.05, 3.63) is 155 Å². The van der Waals surface area contributed by atoms with E-state index in [-0.39, 0.29) is 11.6 Å². The van der Waals surface area contributed by atoms with Crippen molar-refractivity contribution >= 4 is 46.4 Å². The van der Waals surface area contributed by atoms with Crippen LogP contribution in [0.5, 0.6) is 11.5 Å². The van der Waals surface area contributed by atoms with E-state index in [2.05, 4.69) is 9.97 Å². The molecule has 0 saturated carbocycles. The van der Waals surface area contributed by atoms with Gasteiger partial charge in [-0.05, 0) is 144 Å². The minimum absolute atomic E-state index is 0.274. The summed E-state index contributed by atoms with van der Waals surface area (Å²) in [6.45, 7) is 3.54. The van der Waals surface area contributed by atoms with Crippen LogP contribution in [0.25, 0.3) is 90.9 Å². The van der Waals surface area contributed by atoms with Crippen LogP contribution in [0.15, 0.2) is 109 Å². The van der Waals surface area contributed by atoms with Crippen molar-refractivity contribution in [2.75, 3.05) is 14.2 Å². The summed E-state index contributed by atoms with van der Waals surface area (Å²) in [5.41, 5.74) is 14.2. The Labute approximate surface area is 322 Å². The van der Waals surface area contributed by atoms with Gasteiger partial charge < -0.3 is 19.4 Å². The molecule has 0 radical (unpaired) electrons. The average Bonchev–Trinajstić information content (AvgIpc) is 4.06. The van der Waals surface area contributed by atoms with Crippen molar-refractivity contribution in [1.82, 2.24) is 19.9 Å². The molecule has 6 nitrogen and oxygen atoms in total. The van der Waals surface area contributed by atoms with Crippen LogP contribution in [-0.4, -0.2) is 34.2 Å². The van der Waals surface area contributed by atoms with Crippen molar-refractivity contribution in [3.63, 3.8) is 0 Å². The number of nitrogens with one attached hydrogen (secondary N) is 2. The Kier molecular flexibility index (Phi) is 8.66. The Morgan fingerprint density at radius 2 is 0.714 bits per heavy atom. The zero-order valence-corrected chi connectivity index (χ0v) is 31.2. The van der Waals surface area contributed by atoms with Gasteiger partial charge in [0.15, 0.2) is 0 Å². The van der Waals surface area contributed by atoms with Gasteiger partial charge in [-0.1, -0.05) is 36.4 Å². The van der Waals surface area contributed by atoms with Crippen LogP contribution in [0, 0.1) is 25.5 Å². The largest absolute Gasteiger partial charge is 0.497 e. The van der Waals surface area contributed by atoms with E-state index in [0.717, 1.165) is 101 Å². The molecule has 8 bridgehead atoms. The molecular formula is C48H36F2N4O2. The minimum atomic E-state index is -0.274. The Bertz CT molecular complexity index is 2720. The zero-order chi connectivity index (χ0) is 38.5. The van der Waals surface area contributed by atoms with E-state index in [0.29, 0.717) is 11.1 Å². The van der Waals surface area contributed by atoms with Gasteiger partial charge in [0.05, 0.1) is 37.0 Å². The summed E-state index contributed by atoms with van der Waals surface area (Å²) < 4.78 is 40.4. The fourth-order valence-corrected chi connectivity index (χ4v) is 7.54. The molecule has 2 N–H and O–H groups in total. The van der Waals surface area contributed by atoms with Crippen LogP contribution in [0.4, 0.5) is 8.78 Å². The number of aryl methyl sites for hydroxylation is 2. The van der Waals surface area contributed by atoms with E-state index in [4.69, 9.17) is 19.4 Å². The van der Waals surface area contributed by atoms with Crippen molar-refractivity contribution in [1.29, 1.82) is 0 Å². The second kappa shape index (κ2) is 14.0. The van der Waals surface area contributed by atoms with Crippen LogP contribution >= 0.6 is 0 Å². The molecule has 0 amide bonds. The first-order valence-corrected chi connectivity index (χ1v) is 18.3. The molecule has 7 aromatic rings. The van der Waals surface area contributed by atoms with E-state index in [9.17, 15) is 8.78 Å². The molecule has 2 aliphatic rings. The lowest BCUT2D eigenvalue weighted by molar-refractivity contribution is 0.415. The standard InChI is InChI=1S/C48H36F2N4O2/c1-27-25-31(9-15-35(27)49)47-41-21-17-37(51-41)45(29-5-11-33(55-3)12-6-29)39-19-23-43(53-39)48(32-10-16-36(50)28(2)26-32)44-24-20-40(54-44)46(38-18-22-42(47)52-38)30-7-13-34(56-4)14-8-30/h5-26,51,54H,1-4H3. The number of hydrogen-bond donors (Lipinski definition) is 2. The molecule has 0 atom stereocenters. The van der Waals surface area contributed by atoms with Crippen molar-refractivity contribution in [2.24, 2.45) is 0 Å². The van der Waals surface area contributed by atoms with E-state index < -0.39 is 0 Å². The zero-order valence-electron chi connectivity index (χ0n) is 31.2. The fourth-order valence-electron chi connectivity index (χ4n) is 7.54. The number of hydrogen-bond acceptors (Lipinski definition) is 4. The molecule has 0 aliphatic carbocycles. The van der Waals surface area contributed by atoms with Crippen LogP contribution < -0.4 is 9.47 Å². The highest BCUT2D eigenvalue weighted by Crippen LogP contribution is 2.39. The van der Waals surface area contributed by atoms with E-state index in [1.807, 2.05) is 109 Å². The Morgan fingerprint density at radius 3 is 1.02 bits per heavy atom. The average molecular weight is 739 g/mol. The molecule has 56 heavy (non-hydrogen) atoms. The summed E-state index contributed by atoms with van der Waals surface area (Å²) in [7, 11) is 3.29. The normalized spacial score (nSPS) is 12.0. The highest BCUT2D eigenvalue weighted by atomic mass is 19.1. The van der Waals surface area contributed by atoms with Crippen LogP contribution in [0.1, 0.15) is 33.9 Å². The predicted octanol–water partition coefficient (Wildman–Crippen LogP) is 12.2. The fraction of sp³-hybridized carbons (Fsp3) is 0.0833. The molecule has 5 heterocycles. The van der Waals surface area contributed by atoms with Gasteiger partial charge >= 0.3 is 0 Å². The molecular weight excluding hydrogens is 703 g/mol. The monoisotopic (exact) mass is 738 g/mol. The number of H-pyrrole nitrogens is 2. The van der Waals surface area contributed by atoms with Crippen LogP contribution in [0.3, 0.4) is 0 Å². The summed E-state index contributed by atoms with van der Waals surface area (Å²) in [6, 6.07) is 34.2. The summed E-state index contributed by atoms with van der Waals surface area (Å²) in [6.07, 6.45) is 8.04. The third kappa shape index (κ3) is 6.15. The molecule has 8 heteroatoms. The molecule has 0 spiro atoms. The maximum Gasteiger partial charge on any atom is 0.126 e. The van der Waals surface area contributed by atoms with Gasteiger partial charge in [0.1, 0.15) is 23.1 Å². The van der Waals surface area contributed by atoms with E-state index in [1.165, 1.54) is 12.1 Å². The second-order valence-electron chi connectivity index (χ2n) is 13.9. The number of ether oxygens (including phenoxy) is 2. The molecule has 2 aliphatic heterocycles. The molecule has 3 aromatic heterocycles. The molecule has 274 valence electrons. The minimum Gasteiger partial charge on any atom is -0.497 e. The Balaban J connectivity index is 1.46. The number of halogens is 2. The van der Waals surface area contributed by atoms with Gasteiger partial charge in [-0.15, -0.1) is 0 Å². The maximum atomic E-state index is 14.7. The van der Waals surface area contributed by atoms with E-state index >= 15 is 0 Å². The summed E-state index contributed by atoms with van der Waals surface area (Å²) in [4.78, 5) is 18.0. The van der Waals surface area contributed by atoms with Crippen molar-refractivity contribution in [3.8, 4) is 56.0 Å². The molecule has 0 fully saturated rings. The first-order valence-electron chi connectivity index (χ1n) is 18.3. The number of nitrogens with zero attached hydrogens (tertiary/aromatic N) is 2. The predicted molar refractivity (Wildman–Crippen MR) is 223 cm³/mol. The SMILES string of the molecule is COc1ccc(-c2c3nc(c(-c4ccc(F)c(C)c4)c4ccc([nH]4)c(-c4ccc(OC)cc4)c4nc(c(-c5ccc(F)c(C)c5)c5ccc2[nH]5)C=C4)C=C3)cc1. The maximum absolute atomic E-state index is 14.7. The van der Waals surface area contributed by atoms with E-state index in [1.54, 1.807) is 40.2 Å². The number of aromatic nitrogens is 4. The highest BCUT2D eigenvalue weighted by Gasteiger charge is 2.20. The second-order valence-corrected chi connectivity index (χ2v) is 13.9. The summed E-state index contributed by atoms with van der Waals surface area (Å²) in [5.74, 6) is 0.927. The van der Waals surface area contributed by atoms with Gasteiger partial charge in [-0.3, -0.25) is 0 Å². The lowest BCUT2D eigenvalue weighted by Gasteiger charge is -2.08. The number of benzene rings is 4. The third-order valence-corrected chi connectivity index (χ3v) is 10.4. The molecule has 4 aromatic carbocycles. The lowest BCUT2D eigenvalue weighted by Crippen LogP contribution is -1.91. The number of rotatable bonds is 6. The quantitative estimate of drug-likeness (QED) is 0.178. The number of fused-ring (bicyclic) bond motifs is 8. The Hall–Kier alpha value is -7.06. The van der Waals surface area contributed by atoms with Gasteiger partial charge in [0.2, 0.25) is 0 Å². The highest BCUT2D eigenvalue weighted by molar-refractivity contribution is 6.00. The summed E-state index contributed by atoms with van der Waals surface area (Å²) >= 11 is 0.